The number of nitrogens with zero attached hydrogens (tertiary/aromatic N) is 1. The standard InChI is InChI=1S/C24H14Cl2INO4S/c25-17-5-3-15(4-6-17)23(30)32-20-10-7-18(26)11-16(20)12-21-22(29)28(24(31)33-21)13-14-1-8-19(27)9-2-14/h1-12H,13H2/b21-12-. The first-order chi connectivity index (χ1) is 15.8. The minimum absolute atomic E-state index is 0.173. The Labute approximate surface area is 217 Å². The summed E-state index contributed by atoms with van der Waals surface area (Å²) in [6, 6.07) is 18.5. The fourth-order valence-corrected chi connectivity index (χ4v) is 4.52. The summed E-state index contributed by atoms with van der Waals surface area (Å²) in [4.78, 5) is 39.4. The van der Waals surface area contributed by atoms with Crippen LogP contribution < -0.4 is 4.74 Å². The minimum atomic E-state index is -0.588. The number of amides is 2. The van der Waals surface area contributed by atoms with E-state index in [1.165, 1.54) is 17.0 Å². The van der Waals surface area contributed by atoms with Gasteiger partial charge in [-0.3, -0.25) is 14.5 Å². The number of thioether (sulfide) groups is 1. The van der Waals surface area contributed by atoms with E-state index < -0.39 is 11.9 Å². The van der Waals surface area contributed by atoms with Crippen molar-refractivity contribution in [2.45, 2.75) is 6.54 Å². The molecule has 1 aliphatic rings. The van der Waals surface area contributed by atoms with Gasteiger partial charge in [0.05, 0.1) is 17.0 Å². The molecule has 33 heavy (non-hydrogen) atoms. The first-order valence-electron chi connectivity index (χ1n) is 9.57. The second-order valence-electron chi connectivity index (χ2n) is 6.97. The van der Waals surface area contributed by atoms with E-state index in [0.29, 0.717) is 21.2 Å². The highest BCUT2D eigenvalue weighted by atomic mass is 127. The summed E-state index contributed by atoms with van der Waals surface area (Å²) in [6.07, 6.45) is 1.51. The molecule has 4 rings (SSSR count). The highest BCUT2D eigenvalue weighted by Crippen LogP contribution is 2.36. The molecule has 0 unspecified atom stereocenters. The van der Waals surface area contributed by atoms with Crippen molar-refractivity contribution in [1.29, 1.82) is 0 Å². The highest BCUT2D eigenvalue weighted by molar-refractivity contribution is 14.1. The molecule has 0 N–H and O–H groups in total. The van der Waals surface area contributed by atoms with Gasteiger partial charge >= 0.3 is 5.97 Å². The number of benzene rings is 3. The minimum Gasteiger partial charge on any atom is -0.422 e. The fraction of sp³-hybridized carbons (Fsp3) is 0.0417. The molecule has 0 radical (unpaired) electrons. The number of hydrogen-bond donors (Lipinski definition) is 0. The molecular weight excluding hydrogens is 596 g/mol. The molecule has 0 bridgehead atoms. The van der Waals surface area contributed by atoms with E-state index in [2.05, 4.69) is 22.6 Å². The molecule has 166 valence electrons. The molecule has 1 saturated heterocycles. The van der Waals surface area contributed by atoms with Gasteiger partial charge in [-0.15, -0.1) is 0 Å². The highest BCUT2D eigenvalue weighted by Gasteiger charge is 2.35. The first kappa shape index (κ1) is 23.8. The Morgan fingerprint density at radius 1 is 0.970 bits per heavy atom. The lowest BCUT2D eigenvalue weighted by Crippen LogP contribution is -2.27. The Balaban J connectivity index is 1.58. The summed E-state index contributed by atoms with van der Waals surface area (Å²) in [6.45, 7) is 0.173. The van der Waals surface area contributed by atoms with Crippen LogP contribution in [0.25, 0.3) is 6.08 Å². The van der Waals surface area contributed by atoms with Gasteiger partial charge in [-0.05, 0) is 101 Å². The van der Waals surface area contributed by atoms with Crippen LogP contribution in [-0.4, -0.2) is 22.0 Å². The van der Waals surface area contributed by atoms with E-state index in [1.54, 1.807) is 36.4 Å². The molecule has 5 nitrogen and oxygen atoms in total. The quantitative estimate of drug-likeness (QED) is 0.134. The number of ether oxygens (including phenoxy) is 1. The summed E-state index contributed by atoms with van der Waals surface area (Å²) < 4.78 is 6.59. The number of esters is 1. The molecule has 0 saturated carbocycles. The van der Waals surface area contributed by atoms with Crippen LogP contribution in [0.2, 0.25) is 10.0 Å². The van der Waals surface area contributed by atoms with Crippen LogP contribution in [0, 0.1) is 3.57 Å². The van der Waals surface area contributed by atoms with Crippen LogP contribution in [0.1, 0.15) is 21.5 Å². The summed E-state index contributed by atoms with van der Waals surface area (Å²) >= 11 is 15.0. The van der Waals surface area contributed by atoms with E-state index in [1.807, 2.05) is 24.3 Å². The number of halogens is 3. The lowest BCUT2D eigenvalue weighted by Gasteiger charge is -2.12. The Bertz CT molecular complexity index is 1280. The van der Waals surface area contributed by atoms with Crippen LogP contribution in [0.3, 0.4) is 0 Å². The van der Waals surface area contributed by atoms with Gasteiger partial charge in [-0.25, -0.2) is 4.79 Å². The summed E-state index contributed by atoms with van der Waals surface area (Å²) in [7, 11) is 0. The van der Waals surface area contributed by atoms with Crippen LogP contribution in [-0.2, 0) is 11.3 Å². The van der Waals surface area contributed by atoms with Crippen molar-refractivity contribution in [2.75, 3.05) is 0 Å². The molecule has 2 amide bonds. The molecule has 9 heteroatoms. The summed E-state index contributed by atoms with van der Waals surface area (Å²) in [5, 5.41) is 0.525. The van der Waals surface area contributed by atoms with Gasteiger partial charge in [0.15, 0.2) is 0 Å². The van der Waals surface area contributed by atoms with Gasteiger partial charge in [0, 0.05) is 19.2 Å². The van der Waals surface area contributed by atoms with Gasteiger partial charge in [0.2, 0.25) is 0 Å². The molecule has 1 fully saturated rings. The topological polar surface area (TPSA) is 63.7 Å². The van der Waals surface area contributed by atoms with Crippen molar-refractivity contribution in [1.82, 2.24) is 4.90 Å². The maximum Gasteiger partial charge on any atom is 0.343 e. The van der Waals surface area contributed by atoms with E-state index in [9.17, 15) is 14.4 Å². The number of imide groups is 1. The zero-order valence-electron chi connectivity index (χ0n) is 16.8. The van der Waals surface area contributed by atoms with Crippen molar-refractivity contribution in [3.05, 3.63) is 102 Å². The molecule has 3 aromatic rings. The molecule has 0 spiro atoms. The summed E-state index contributed by atoms with van der Waals surface area (Å²) in [5.74, 6) is -0.794. The number of hydrogen-bond acceptors (Lipinski definition) is 5. The smallest absolute Gasteiger partial charge is 0.343 e. The van der Waals surface area contributed by atoms with Gasteiger partial charge < -0.3 is 4.74 Å². The molecular formula is C24H14Cl2INO4S. The number of carbonyl (C=O) groups is 3. The zero-order valence-corrected chi connectivity index (χ0v) is 21.2. The largest absolute Gasteiger partial charge is 0.422 e. The van der Waals surface area contributed by atoms with Crippen molar-refractivity contribution in [3.63, 3.8) is 0 Å². The third kappa shape index (κ3) is 5.78. The Morgan fingerprint density at radius 3 is 2.33 bits per heavy atom. The number of rotatable bonds is 5. The van der Waals surface area contributed by atoms with Crippen molar-refractivity contribution in [2.24, 2.45) is 0 Å². The Morgan fingerprint density at radius 2 is 1.64 bits per heavy atom. The molecule has 1 aliphatic heterocycles. The molecule has 0 aliphatic carbocycles. The molecule has 1 heterocycles. The lowest BCUT2D eigenvalue weighted by atomic mass is 10.1. The van der Waals surface area contributed by atoms with Crippen LogP contribution in [0.4, 0.5) is 4.79 Å². The molecule has 3 aromatic carbocycles. The number of carbonyl (C=O) groups excluding carboxylic acids is 3. The van der Waals surface area contributed by atoms with Gasteiger partial charge in [-0.2, -0.15) is 0 Å². The van der Waals surface area contributed by atoms with Crippen LogP contribution >= 0.6 is 57.6 Å². The second kappa shape index (κ2) is 10.3. The zero-order chi connectivity index (χ0) is 23.5. The monoisotopic (exact) mass is 609 g/mol. The Kier molecular flexibility index (Phi) is 7.43. The maximum absolute atomic E-state index is 12.9. The SMILES string of the molecule is O=C(Oc1ccc(Cl)cc1/C=C1\SC(=O)N(Cc2ccc(I)cc2)C1=O)c1ccc(Cl)cc1. The predicted octanol–water partition coefficient (Wildman–Crippen LogP) is 7.05. The van der Waals surface area contributed by atoms with Gasteiger partial charge in [0.1, 0.15) is 5.75 Å². The van der Waals surface area contributed by atoms with Crippen molar-refractivity contribution in [3.8, 4) is 5.75 Å². The van der Waals surface area contributed by atoms with Gasteiger partial charge in [0.25, 0.3) is 11.1 Å². The van der Waals surface area contributed by atoms with Crippen LogP contribution in [0.15, 0.2) is 71.6 Å². The first-order valence-corrected chi connectivity index (χ1v) is 12.2. The molecule has 0 aromatic heterocycles. The average molecular weight is 610 g/mol. The van der Waals surface area contributed by atoms with Gasteiger partial charge in [-0.1, -0.05) is 35.3 Å². The third-order valence-corrected chi connectivity index (χ3v) is 6.78. The van der Waals surface area contributed by atoms with E-state index in [-0.39, 0.29) is 22.4 Å². The fourth-order valence-electron chi connectivity index (χ4n) is 3.02. The summed E-state index contributed by atoms with van der Waals surface area (Å²) in [5.41, 5.74) is 1.57. The Hall–Kier alpha value is -2.33. The van der Waals surface area contributed by atoms with E-state index >= 15 is 0 Å². The third-order valence-electron chi connectivity index (χ3n) is 4.67. The second-order valence-corrected chi connectivity index (χ2v) is 10.1. The van der Waals surface area contributed by atoms with E-state index in [4.69, 9.17) is 27.9 Å². The van der Waals surface area contributed by atoms with Crippen molar-refractivity contribution < 1.29 is 19.1 Å². The molecule has 0 atom stereocenters. The maximum atomic E-state index is 12.9. The van der Waals surface area contributed by atoms with Crippen LogP contribution in [0.5, 0.6) is 5.75 Å². The van der Waals surface area contributed by atoms with Crippen molar-refractivity contribution >= 4 is 80.7 Å². The predicted molar refractivity (Wildman–Crippen MR) is 139 cm³/mol. The normalized spacial score (nSPS) is 14.8. The lowest BCUT2D eigenvalue weighted by molar-refractivity contribution is -0.123. The van der Waals surface area contributed by atoms with E-state index in [0.717, 1.165) is 20.9 Å². The average Bonchev–Trinajstić information content (AvgIpc) is 3.05.